The molecule has 0 spiro atoms. The van der Waals surface area contributed by atoms with E-state index in [0.717, 1.165) is 6.08 Å². The van der Waals surface area contributed by atoms with Crippen molar-refractivity contribution in [3.05, 3.63) is 23.8 Å². The van der Waals surface area contributed by atoms with Crippen LogP contribution in [0.2, 0.25) is 0 Å². The van der Waals surface area contributed by atoms with Gasteiger partial charge in [0.1, 0.15) is 24.2 Å². The predicted molar refractivity (Wildman–Crippen MR) is 117 cm³/mol. The number of aliphatic hydroxyl groups excluding tert-OH is 2. The summed E-state index contributed by atoms with van der Waals surface area (Å²) < 4.78 is 32.1. The van der Waals surface area contributed by atoms with Crippen molar-refractivity contribution >= 4 is 17.3 Å². The zero-order valence-corrected chi connectivity index (χ0v) is 19.8. The summed E-state index contributed by atoms with van der Waals surface area (Å²) in [5, 5.41) is 31.9. The van der Waals surface area contributed by atoms with Crippen molar-refractivity contribution in [1.82, 2.24) is 0 Å². The summed E-state index contributed by atoms with van der Waals surface area (Å²) in [6.45, 7) is 7.02. The van der Waals surface area contributed by atoms with E-state index in [0.29, 0.717) is 0 Å². The summed E-state index contributed by atoms with van der Waals surface area (Å²) in [5.74, 6) is -3.08. The molecule has 0 bridgehead atoms. The van der Waals surface area contributed by atoms with Crippen LogP contribution < -0.4 is 0 Å². The largest absolute Gasteiger partial charge is 0.390 e. The second-order valence-corrected chi connectivity index (χ2v) is 10.8. The van der Waals surface area contributed by atoms with Crippen LogP contribution in [0.15, 0.2) is 23.8 Å². The van der Waals surface area contributed by atoms with Crippen LogP contribution in [-0.2, 0) is 14.4 Å². The van der Waals surface area contributed by atoms with Gasteiger partial charge in [-0.05, 0) is 69.6 Å². The Bertz CT molecular complexity index is 926. The molecule has 3 fully saturated rings. The van der Waals surface area contributed by atoms with Crippen LogP contribution in [0.4, 0.5) is 8.78 Å². The maximum atomic E-state index is 16.9. The molecular formula is C25H34F2O6. The second-order valence-electron chi connectivity index (χ2n) is 10.8. The van der Waals surface area contributed by atoms with Crippen molar-refractivity contribution in [3.63, 3.8) is 0 Å². The number of rotatable bonds is 2. The lowest BCUT2D eigenvalue weighted by Crippen LogP contribution is -2.70. The number of aliphatic hydroxyl groups is 3. The Labute approximate surface area is 192 Å². The van der Waals surface area contributed by atoms with Crippen LogP contribution in [0.1, 0.15) is 53.9 Å². The summed E-state index contributed by atoms with van der Waals surface area (Å²) in [4.78, 5) is 33.8. The number of carbonyl (C=O) groups excluding carboxylic acids is 3. The summed E-state index contributed by atoms with van der Waals surface area (Å²) in [7, 11) is 0. The maximum Gasteiger partial charge on any atom is 0.190 e. The molecule has 0 aromatic rings. The summed E-state index contributed by atoms with van der Waals surface area (Å²) in [6.07, 6.45) is 0.427. The lowest BCUT2D eigenvalue weighted by Gasteiger charge is -2.63. The van der Waals surface area contributed by atoms with Crippen molar-refractivity contribution in [2.45, 2.75) is 77.4 Å². The smallest absolute Gasteiger partial charge is 0.190 e. The second kappa shape index (κ2) is 8.17. The summed E-state index contributed by atoms with van der Waals surface area (Å²) in [5.41, 5.74) is -6.81. The summed E-state index contributed by atoms with van der Waals surface area (Å²) >= 11 is 0. The van der Waals surface area contributed by atoms with E-state index in [2.05, 4.69) is 0 Å². The minimum atomic E-state index is -2.24. The molecule has 3 N–H and O–H groups in total. The first-order chi connectivity index (χ1) is 15.1. The number of alkyl halides is 2. The predicted octanol–water partition coefficient (Wildman–Crippen LogP) is 2.44. The molecule has 0 radical (unpaired) electrons. The number of hydrogen-bond acceptors (Lipinski definition) is 6. The van der Waals surface area contributed by atoms with Gasteiger partial charge in [0, 0.05) is 16.7 Å². The van der Waals surface area contributed by atoms with Gasteiger partial charge in [0.25, 0.3) is 0 Å². The Morgan fingerprint density at radius 2 is 1.76 bits per heavy atom. The molecule has 0 saturated heterocycles. The van der Waals surface area contributed by atoms with Gasteiger partial charge in [-0.3, -0.25) is 9.59 Å². The highest BCUT2D eigenvalue weighted by Gasteiger charge is 2.76. The molecule has 0 aromatic heterocycles. The fourth-order valence-corrected chi connectivity index (χ4v) is 7.25. The van der Waals surface area contributed by atoms with E-state index in [1.807, 2.05) is 0 Å². The number of allylic oxidation sites excluding steroid dienone is 4. The van der Waals surface area contributed by atoms with E-state index in [1.165, 1.54) is 32.9 Å². The molecule has 0 heterocycles. The Kier molecular flexibility index (Phi) is 6.40. The van der Waals surface area contributed by atoms with Gasteiger partial charge in [-0.25, -0.2) is 8.78 Å². The van der Waals surface area contributed by atoms with Gasteiger partial charge in [0.05, 0.1) is 6.10 Å². The zero-order valence-electron chi connectivity index (χ0n) is 19.8. The average molecular weight is 469 g/mol. The standard InChI is InChI=1S/C22H28F2O5.C3H6O/c1-11-6-13-14-8-16(23)15-7-12(26)4-5-19(15,2)21(14,24)17(27)9-20(13,3)22(11,29)18(28)10-25;1-3(2)4/h4-5,7,11,13-14,16-17,25,27,29H,6,8-10H2,1-3H3;1-2H3/t11-,13-,14-,16-,17-,19-,20-,21-,22-;/m0./s1. The summed E-state index contributed by atoms with van der Waals surface area (Å²) in [6, 6.07) is 0. The molecule has 3 saturated carbocycles. The normalized spacial score (nSPS) is 48.0. The SMILES string of the molecule is CC(C)=O.C[C@H]1C[C@H]2[C@@H]3C[C@H](F)C4=CC(=O)C=C[C@]4(C)[C@@]3(F)[C@@H](O)C[C@]2(C)[C@@]1(O)C(=O)CO. The van der Waals surface area contributed by atoms with Crippen LogP contribution in [0.3, 0.4) is 0 Å². The third-order valence-electron chi connectivity index (χ3n) is 8.78. The van der Waals surface area contributed by atoms with Crippen molar-refractivity contribution in [2.75, 3.05) is 6.61 Å². The van der Waals surface area contributed by atoms with Crippen molar-refractivity contribution in [2.24, 2.45) is 28.6 Å². The number of ketones is 3. The van der Waals surface area contributed by atoms with Crippen molar-refractivity contribution in [1.29, 1.82) is 0 Å². The van der Waals surface area contributed by atoms with Gasteiger partial charge < -0.3 is 20.1 Å². The highest BCUT2D eigenvalue weighted by atomic mass is 19.1. The zero-order chi connectivity index (χ0) is 25.1. The first-order valence-electron chi connectivity index (χ1n) is 11.4. The number of Topliss-reactive ketones (excluding diaryl/α,β-unsaturated/α-hetero) is 2. The first-order valence-corrected chi connectivity index (χ1v) is 11.4. The van der Waals surface area contributed by atoms with Gasteiger partial charge in [0.15, 0.2) is 17.2 Å². The molecule has 4 aliphatic rings. The minimum absolute atomic E-state index is 0.0409. The fourth-order valence-electron chi connectivity index (χ4n) is 7.25. The van der Waals surface area contributed by atoms with Crippen LogP contribution in [0.25, 0.3) is 0 Å². The van der Waals surface area contributed by atoms with Gasteiger partial charge in [-0.15, -0.1) is 0 Å². The van der Waals surface area contributed by atoms with Crippen molar-refractivity contribution in [3.8, 4) is 0 Å². The molecule has 0 aliphatic heterocycles. The Hall–Kier alpha value is -1.77. The van der Waals surface area contributed by atoms with Crippen LogP contribution in [0.5, 0.6) is 0 Å². The average Bonchev–Trinajstić information content (AvgIpc) is 2.92. The van der Waals surface area contributed by atoms with E-state index in [9.17, 15) is 29.7 Å². The minimum Gasteiger partial charge on any atom is -0.390 e. The molecule has 184 valence electrons. The maximum absolute atomic E-state index is 16.9. The topological polar surface area (TPSA) is 112 Å². The van der Waals surface area contributed by atoms with Gasteiger partial charge in [-0.2, -0.15) is 0 Å². The Balaban J connectivity index is 0.000000709. The van der Waals surface area contributed by atoms with E-state index < -0.39 is 70.3 Å². The van der Waals surface area contributed by atoms with E-state index >= 15 is 8.78 Å². The molecule has 9 atom stereocenters. The van der Waals surface area contributed by atoms with Crippen LogP contribution >= 0.6 is 0 Å². The van der Waals surface area contributed by atoms with Crippen LogP contribution in [0, 0.1) is 28.6 Å². The number of carbonyl (C=O) groups is 3. The monoisotopic (exact) mass is 468 g/mol. The van der Waals surface area contributed by atoms with Gasteiger partial charge in [-0.1, -0.05) is 19.9 Å². The highest BCUT2D eigenvalue weighted by molar-refractivity contribution is 6.01. The van der Waals surface area contributed by atoms with Crippen LogP contribution in [-0.4, -0.2) is 62.8 Å². The first kappa shape index (κ1) is 25.8. The highest BCUT2D eigenvalue weighted by Crippen LogP contribution is 2.70. The molecular weight excluding hydrogens is 434 g/mol. The molecule has 6 nitrogen and oxygen atoms in total. The van der Waals surface area contributed by atoms with E-state index in [4.69, 9.17) is 0 Å². The molecule has 33 heavy (non-hydrogen) atoms. The van der Waals surface area contributed by atoms with E-state index in [1.54, 1.807) is 13.8 Å². The number of fused-ring (bicyclic) bond motifs is 5. The molecule has 8 heteroatoms. The molecule has 0 amide bonds. The lowest BCUT2D eigenvalue weighted by molar-refractivity contribution is -0.223. The molecule has 0 unspecified atom stereocenters. The Morgan fingerprint density at radius 1 is 1.18 bits per heavy atom. The third-order valence-corrected chi connectivity index (χ3v) is 8.78. The molecule has 0 aromatic carbocycles. The fraction of sp³-hybridized carbons (Fsp3) is 0.720. The molecule has 4 aliphatic carbocycles. The van der Waals surface area contributed by atoms with E-state index in [-0.39, 0.29) is 30.6 Å². The number of hydrogen-bond donors (Lipinski definition) is 3. The van der Waals surface area contributed by atoms with Crippen molar-refractivity contribution < 1.29 is 38.5 Å². The quantitative estimate of drug-likeness (QED) is 0.574. The van der Waals surface area contributed by atoms with Gasteiger partial charge >= 0.3 is 0 Å². The number of halogens is 2. The lowest BCUT2D eigenvalue weighted by atomic mass is 9.44. The van der Waals surface area contributed by atoms with Gasteiger partial charge in [0.2, 0.25) is 0 Å². The third kappa shape index (κ3) is 3.32. The molecule has 4 rings (SSSR count). The Morgan fingerprint density at radius 3 is 2.30 bits per heavy atom.